The van der Waals surface area contributed by atoms with Crippen LogP contribution in [0.25, 0.3) is 0 Å². The van der Waals surface area contributed by atoms with Gasteiger partial charge in [0.15, 0.2) is 6.29 Å². The SMILES string of the molecule is CC(=O)N[C@H]1C[C@H](O)[C@@H](CO)O[C@@H]1O. The van der Waals surface area contributed by atoms with Crippen LogP contribution < -0.4 is 5.32 Å². The van der Waals surface area contributed by atoms with Crippen LogP contribution in [0.15, 0.2) is 0 Å². The molecule has 0 aromatic heterocycles. The van der Waals surface area contributed by atoms with Crippen LogP contribution in [0, 0.1) is 0 Å². The second kappa shape index (κ2) is 4.70. The Bertz CT molecular complexity index is 210. The monoisotopic (exact) mass is 205 g/mol. The highest BCUT2D eigenvalue weighted by Gasteiger charge is 2.36. The average Bonchev–Trinajstić information content (AvgIpc) is 2.10. The van der Waals surface area contributed by atoms with Crippen LogP contribution in [-0.4, -0.2) is 52.4 Å². The third kappa shape index (κ3) is 2.65. The summed E-state index contributed by atoms with van der Waals surface area (Å²) in [4.78, 5) is 10.7. The van der Waals surface area contributed by atoms with Crippen molar-refractivity contribution in [3.05, 3.63) is 0 Å². The zero-order valence-corrected chi connectivity index (χ0v) is 7.88. The summed E-state index contributed by atoms with van der Waals surface area (Å²) in [7, 11) is 0. The van der Waals surface area contributed by atoms with Crippen LogP contribution in [0.2, 0.25) is 0 Å². The van der Waals surface area contributed by atoms with E-state index in [1.54, 1.807) is 0 Å². The van der Waals surface area contributed by atoms with Crippen LogP contribution in [0.4, 0.5) is 0 Å². The molecule has 0 spiro atoms. The lowest BCUT2D eigenvalue weighted by Gasteiger charge is -2.36. The molecule has 0 saturated carbocycles. The Hall–Kier alpha value is -0.690. The Morgan fingerprint density at radius 2 is 2.21 bits per heavy atom. The van der Waals surface area contributed by atoms with Crippen molar-refractivity contribution in [2.75, 3.05) is 6.61 Å². The van der Waals surface area contributed by atoms with Gasteiger partial charge in [-0.15, -0.1) is 0 Å². The Balaban J connectivity index is 2.52. The molecular formula is C8H15NO5. The number of aliphatic hydroxyl groups is 3. The van der Waals surface area contributed by atoms with Gasteiger partial charge in [0, 0.05) is 13.3 Å². The van der Waals surface area contributed by atoms with Crippen molar-refractivity contribution in [3.63, 3.8) is 0 Å². The normalized spacial score (nSPS) is 38.0. The zero-order valence-electron chi connectivity index (χ0n) is 7.88. The first-order chi connectivity index (χ1) is 6.54. The summed E-state index contributed by atoms with van der Waals surface area (Å²) >= 11 is 0. The fourth-order valence-electron chi connectivity index (χ4n) is 1.45. The van der Waals surface area contributed by atoms with Crippen LogP contribution in [0.3, 0.4) is 0 Å². The van der Waals surface area contributed by atoms with Crippen molar-refractivity contribution in [2.45, 2.75) is 37.9 Å². The molecule has 0 radical (unpaired) electrons. The number of amides is 1. The molecule has 4 N–H and O–H groups in total. The number of nitrogens with one attached hydrogen (secondary N) is 1. The molecule has 1 amide bonds. The highest BCUT2D eigenvalue weighted by molar-refractivity contribution is 5.73. The predicted octanol–water partition coefficient (Wildman–Crippen LogP) is -2.05. The van der Waals surface area contributed by atoms with Gasteiger partial charge in [0.1, 0.15) is 6.10 Å². The smallest absolute Gasteiger partial charge is 0.217 e. The molecule has 82 valence electrons. The number of hydrogen-bond donors (Lipinski definition) is 4. The Labute approximate surface area is 81.5 Å². The summed E-state index contributed by atoms with van der Waals surface area (Å²) in [6, 6.07) is -0.620. The molecular weight excluding hydrogens is 190 g/mol. The minimum absolute atomic E-state index is 0.173. The van der Waals surface area contributed by atoms with E-state index in [4.69, 9.17) is 9.84 Å². The van der Waals surface area contributed by atoms with E-state index in [0.717, 1.165) is 0 Å². The minimum atomic E-state index is -1.18. The Morgan fingerprint density at radius 1 is 1.57 bits per heavy atom. The molecule has 0 aromatic rings. The van der Waals surface area contributed by atoms with Gasteiger partial charge in [0.2, 0.25) is 5.91 Å². The quantitative estimate of drug-likeness (QED) is 0.416. The van der Waals surface area contributed by atoms with E-state index in [1.807, 2.05) is 0 Å². The predicted molar refractivity (Wildman–Crippen MR) is 46.2 cm³/mol. The van der Waals surface area contributed by atoms with Gasteiger partial charge in [-0.25, -0.2) is 0 Å². The van der Waals surface area contributed by atoms with Crippen molar-refractivity contribution in [3.8, 4) is 0 Å². The zero-order chi connectivity index (χ0) is 10.7. The van der Waals surface area contributed by atoms with Crippen LogP contribution in [0.5, 0.6) is 0 Å². The topological polar surface area (TPSA) is 99.0 Å². The van der Waals surface area contributed by atoms with Crippen LogP contribution in [-0.2, 0) is 9.53 Å². The maximum Gasteiger partial charge on any atom is 0.217 e. The molecule has 0 aromatic carbocycles. The maximum atomic E-state index is 10.7. The molecule has 0 unspecified atom stereocenters. The van der Waals surface area contributed by atoms with Gasteiger partial charge in [-0.3, -0.25) is 4.79 Å². The van der Waals surface area contributed by atoms with Gasteiger partial charge in [-0.05, 0) is 0 Å². The molecule has 6 nitrogen and oxygen atoms in total. The fraction of sp³-hybridized carbons (Fsp3) is 0.875. The molecule has 1 fully saturated rings. The molecule has 1 aliphatic heterocycles. The summed E-state index contributed by atoms with van der Waals surface area (Å²) < 4.78 is 4.90. The van der Waals surface area contributed by atoms with Crippen molar-refractivity contribution in [2.24, 2.45) is 0 Å². The van der Waals surface area contributed by atoms with Crippen LogP contribution in [0.1, 0.15) is 13.3 Å². The van der Waals surface area contributed by atoms with Gasteiger partial charge in [-0.2, -0.15) is 0 Å². The molecule has 0 bridgehead atoms. The Morgan fingerprint density at radius 3 is 2.71 bits per heavy atom. The highest BCUT2D eigenvalue weighted by atomic mass is 16.6. The standard InChI is InChI=1S/C8H15NO5/c1-4(11)9-5-2-6(12)7(3-10)14-8(5)13/h5-8,10,12-13H,2-3H2,1H3,(H,9,11)/t5-,6-,7+,8-/m0/s1. The Kier molecular flexibility index (Phi) is 3.82. The van der Waals surface area contributed by atoms with Gasteiger partial charge in [-0.1, -0.05) is 0 Å². The van der Waals surface area contributed by atoms with E-state index in [-0.39, 0.29) is 18.9 Å². The van der Waals surface area contributed by atoms with Crippen molar-refractivity contribution >= 4 is 5.91 Å². The molecule has 1 rings (SSSR count). The minimum Gasteiger partial charge on any atom is -0.394 e. The summed E-state index contributed by atoms with van der Waals surface area (Å²) in [5.41, 5.74) is 0. The fourth-order valence-corrected chi connectivity index (χ4v) is 1.45. The molecule has 4 atom stereocenters. The van der Waals surface area contributed by atoms with E-state index < -0.39 is 24.5 Å². The largest absolute Gasteiger partial charge is 0.394 e. The third-order valence-corrected chi connectivity index (χ3v) is 2.15. The van der Waals surface area contributed by atoms with E-state index in [1.165, 1.54) is 6.92 Å². The van der Waals surface area contributed by atoms with Gasteiger partial charge in [0.25, 0.3) is 0 Å². The molecule has 14 heavy (non-hydrogen) atoms. The van der Waals surface area contributed by atoms with E-state index in [2.05, 4.69) is 5.32 Å². The van der Waals surface area contributed by atoms with E-state index in [9.17, 15) is 15.0 Å². The highest BCUT2D eigenvalue weighted by Crippen LogP contribution is 2.18. The number of rotatable bonds is 2. The maximum absolute atomic E-state index is 10.7. The van der Waals surface area contributed by atoms with Gasteiger partial charge < -0.3 is 25.4 Å². The summed E-state index contributed by atoms with van der Waals surface area (Å²) in [6.45, 7) is 0.961. The number of ether oxygens (including phenoxy) is 1. The number of aliphatic hydroxyl groups excluding tert-OH is 3. The van der Waals surface area contributed by atoms with Gasteiger partial charge in [0.05, 0.1) is 18.8 Å². The lowest BCUT2D eigenvalue weighted by atomic mass is 10.0. The number of carbonyl (C=O) groups is 1. The first kappa shape index (κ1) is 11.4. The lowest BCUT2D eigenvalue weighted by molar-refractivity contribution is -0.221. The van der Waals surface area contributed by atoms with Crippen molar-refractivity contribution in [1.82, 2.24) is 5.32 Å². The lowest BCUT2D eigenvalue weighted by Crippen LogP contribution is -2.55. The molecule has 1 heterocycles. The molecule has 0 aliphatic carbocycles. The third-order valence-electron chi connectivity index (χ3n) is 2.15. The summed E-state index contributed by atoms with van der Waals surface area (Å²) in [5, 5.41) is 30.0. The summed E-state index contributed by atoms with van der Waals surface area (Å²) in [5.74, 6) is -0.299. The number of hydrogen-bond acceptors (Lipinski definition) is 5. The molecule has 1 saturated heterocycles. The molecule has 6 heteroatoms. The van der Waals surface area contributed by atoms with Gasteiger partial charge >= 0.3 is 0 Å². The van der Waals surface area contributed by atoms with Crippen molar-refractivity contribution in [1.29, 1.82) is 0 Å². The molecule has 1 aliphatic rings. The first-order valence-corrected chi connectivity index (χ1v) is 4.44. The second-order valence-corrected chi connectivity index (χ2v) is 3.36. The van der Waals surface area contributed by atoms with E-state index in [0.29, 0.717) is 0 Å². The summed E-state index contributed by atoms with van der Waals surface area (Å²) in [6.07, 6.45) is -2.67. The first-order valence-electron chi connectivity index (χ1n) is 4.44. The van der Waals surface area contributed by atoms with Crippen LogP contribution >= 0.6 is 0 Å². The van der Waals surface area contributed by atoms with E-state index >= 15 is 0 Å². The average molecular weight is 205 g/mol. The second-order valence-electron chi connectivity index (χ2n) is 3.36. The number of carbonyl (C=O) groups excluding carboxylic acids is 1. The van der Waals surface area contributed by atoms with Crippen molar-refractivity contribution < 1.29 is 24.9 Å².